The number of carbonyl (C=O) groups is 2. The zero-order chi connectivity index (χ0) is 14.3. The molecule has 0 radical (unpaired) electrons. The monoisotopic (exact) mass is 269 g/mol. The van der Waals surface area contributed by atoms with Crippen molar-refractivity contribution in [1.29, 1.82) is 5.41 Å². The van der Waals surface area contributed by atoms with Gasteiger partial charge in [-0.2, -0.15) is 0 Å². The van der Waals surface area contributed by atoms with Crippen molar-refractivity contribution in [3.05, 3.63) is 12.7 Å². The van der Waals surface area contributed by atoms with Crippen LogP contribution in [0.15, 0.2) is 12.7 Å². The number of aliphatic carboxylic acids is 2. The molecule has 0 fully saturated rings. The zero-order valence-electron chi connectivity index (χ0n) is 10.8. The normalized spacial score (nSPS) is 7.28. The van der Waals surface area contributed by atoms with E-state index in [-0.39, 0.29) is 41.7 Å². The first-order chi connectivity index (χ1) is 7.83. The van der Waals surface area contributed by atoms with E-state index in [4.69, 9.17) is 15.6 Å². The van der Waals surface area contributed by atoms with E-state index >= 15 is 0 Å². The third-order valence-corrected chi connectivity index (χ3v) is 1.39. The number of hydrogen-bond acceptors (Lipinski definition) is 3. The molecule has 0 aromatic carbocycles. The Morgan fingerprint density at radius 2 is 1.61 bits per heavy atom. The zero-order valence-corrected chi connectivity index (χ0v) is 10.8. The van der Waals surface area contributed by atoms with Crippen LogP contribution in [0.25, 0.3) is 0 Å². The van der Waals surface area contributed by atoms with Crippen molar-refractivity contribution in [2.24, 2.45) is 0 Å². The standard InChI is InChI=1S/C6H12.C3H5NO2.C3H6O2.Na.H/c1-3-5-6-4-2;1-2(4)3(5)6;1-2-3(4)5;;/h3H,1,4-6H2,2H3;4H,1H3,(H,5,6);2H2,1H3,(H,4,5);;. The van der Waals surface area contributed by atoms with E-state index in [9.17, 15) is 9.59 Å². The first kappa shape index (κ1) is 26.0. The van der Waals surface area contributed by atoms with Gasteiger partial charge in [-0.25, -0.2) is 4.79 Å². The molecule has 0 saturated carbocycles. The Labute approximate surface area is 131 Å². The van der Waals surface area contributed by atoms with Crippen molar-refractivity contribution in [1.82, 2.24) is 0 Å². The molecule has 5 nitrogen and oxygen atoms in total. The van der Waals surface area contributed by atoms with E-state index < -0.39 is 11.9 Å². The summed E-state index contributed by atoms with van der Waals surface area (Å²) in [5.74, 6) is -1.90. The summed E-state index contributed by atoms with van der Waals surface area (Å²) in [6.45, 7) is 8.61. The number of carboxylic acids is 2. The van der Waals surface area contributed by atoms with Crippen LogP contribution in [0.2, 0.25) is 0 Å². The van der Waals surface area contributed by atoms with Gasteiger partial charge in [0.2, 0.25) is 0 Å². The number of carboxylic acid groups (broad SMARTS) is 2. The summed E-state index contributed by atoms with van der Waals surface area (Å²) in [6, 6.07) is 0. The predicted molar refractivity (Wildman–Crippen MR) is 75.8 cm³/mol. The average Bonchev–Trinajstić information content (AvgIpc) is 2.27. The molecule has 102 valence electrons. The van der Waals surface area contributed by atoms with Gasteiger partial charge < -0.3 is 10.2 Å². The first-order valence-electron chi connectivity index (χ1n) is 5.44. The van der Waals surface area contributed by atoms with Gasteiger partial charge in [-0.3, -0.25) is 10.2 Å². The molecule has 0 aromatic rings. The molecular weight excluding hydrogens is 245 g/mol. The fraction of sp³-hybridized carbons (Fsp3) is 0.583. The van der Waals surface area contributed by atoms with Crippen molar-refractivity contribution in [2.45, 2.75) is 46.5 Å². The Morgan fingerprint density at radius 1 is 1.28 bits per heavy atom. The van der Waals surface area contributed by atoms with E-state index in [1.165, 1.54) is 26.2 Å². The van der Waals surface area contributed by atoms with E-state index in [1.807, 2.05) is 6.08 Å². The van der Waals surface area contributed by atoms with Crippen molar-refractivity contribution < 1.29 is 19.8 Å². The maximum atomic E-state index is 9.47. The van der Waals surface area contributed by atoms with E-state index in [1.54, 1.807) is 6.92 Å². The van der Waals surface area contributed by atoms with Crippen LogP contribution in [0.5, 0.6) is 0 Å². The van der Waals surface area contributed by atoms with Gasteiger partial charge in [0.1, 0.15) is 5.71 Å². The minimum absolute atomic E-state index is 0. The molecule has 0 amide bonds. The molecule has 0 heterocycles. The van der Waals surface area contributed by atoms with Gasteiger partial charge in [-0.1, -0.05) is 32.8 Å². The van der Waals surface area contributed by atoms with Crippen LogP contribution >= 0.6 is 0 Å². The number of allylic oxidation sites excluding steroid dienone is 1. The summed E-state index contributed by atoms with van der Waals surface area (Å²) in [7, 11) is 0. The van der Waals surface area contributed by atoms with Gasteiger partial charge in [-0.15, -0.1) is 6.58 Å². The van der Waals surface area contributed by atoms with Crippen molar-refractivity contribution in [2.75, 3.05) is 0 Å². The van der Waals surface area contributed by atoms with Crippen LogP contribution in [-0.4, -0.2) is 57.4 Å². The summed E-state index contributed by atoms with van der Waals surface area (Å²) in [5, 5.41) is 21.8. The second-order valence-electron chi connectivity index (χ2n) is 3.11. The number of nitrogens with one attached hydrogen (secondary N) is 1. The Bertz CT molecular complexity index is 230. The molecule has 3 N–H and O–H groups in total. The molecule has 0 unspecified atom stereocenters. The molecule has 6 heteroatoms. The molecule has 0 spiro atoms. The van der Waals surface area contributed by atoms with Gasteiger partial charge >= 0.3 is 41.5 Å². The van der Waals surface area contributed by atoms with Crippen LogP contribution in [0.1, 0.15) is 46.5 Å². The maximum absolute atomic E-state index is 9.47. The fourth-order valence-electron chi connectivity index (χ4n) is 0.348. The topological polar surface area (TPSA) is 98.5 Å². The number of unbranched alkanes of at least 4 members (excludes halogenated alkanes) is 2. The van der Waals surface area contributed by atoms with E-state index in [0.717, 1.165) is 0 Å². The van der Waals surface area contributed by atoms with Gasteiger partial charge in [0.25, 0.3) is 0 Å². The van der Waals surface area contributed by atoms with Crippen molar-refractivity contribution in [3.63, 3.8) is 0 Å². The van der Waals surface area contributed by atoms with Gasteiger partial charge in [-0.05, 0) is 13.3 Å². The third-order valence-electron chi connectivity index (χ3n) is 1.39. The molecule has 0 aliphatic heterocycles. The van der Waals surface area contributed by atoms with Gasteiger partial charge in [0, 0.05) is 6.42 Å². The van der Waals surface area contributed by atoms with Crippen LogP contribution < -0.4 is 0 Å². The molecule has 0 atom stereocenters. The Kier molecular flexibility index (Phi) is 31.3. The summed E-state index contributed by atoms with van der Waals surface area (Å²) in [6.07, 6.45) is 5.94. The van der Waals surface area contributed by atoms with Crippen LogP contribution in [0, 0.1) is 5.41 Å². The Balaban J connectivity index is -0.0000000799. The molecule has 18 heavy (non-hydrogen) atoms. The summed E-state index contributed by atoms with van der Waals surface area (Å²) in [4.78, 5) is 18.8. The Morgan fingerprint density at radius 3 is 1.67 bits per heavy atom. The molecule has 0 saturated heterocycles. The fourth-order valence-corrected chi connectivity index (χ4v) is 0.348. The van der Waals surface area contributed by atoms with Crippen molar-refractivity contribution >= 4 is 47.2 Å². The van der Waals surface area contributed by atoms with Crippen LogP contribution in [-0.2, 0) is 9.59 Å². The minimum atomic E-state index is -1.16. The first-order valence-corrected chi connectivity index (χ1v) is 5.44. The van der Waals surface area contributed by atoms with Crippen molar-refractivity contribution in [3.8, 4) is 0 Å². The molecule has 0 aromatic heterocycles. The molecule has 0 aliphatic rings. The van der Waals surface area contributed by atoms with E-state index in [2.05, 4.69) is 13.5 Å². The van der Waals surface area contributed by atoms with Gasteiger partial charge in [0.15, 0.2) is 0 Å². The third kappa shape index (κ3) is 45.3. The summed E-state index contributed by atoms with van der Waals surface area (Å²) >= 11 is 0. The SMILES string of the molecule is C=CCCCC.CC(=N)C(=O)O.CCC(=O)O.[NaH]. The van der Waals surface area contributed by atoms with Crippen LogP contribution in [0.3, 0.4) is 0 Å². The quantitative estimate of drug-likeness (QED) is 0.308. The Hall–Kier alpha value is -0.650. The predicted octanol–water partition coefficient (Wildman–Crippen LogP) is 2.31. The van der Waals surface area contributed by atoms with Gasteiger partial charge in [0.05, 0.1) is 0 Å². The van der Waals surface area contributed by atoms with Crippen LogP contribution in [0.4, 0.5) is 0 Å². The second kappa shape index (κ2) is 21.6. The molecule has 0 aliphatic carbocycles. The second-order valence-corrected chi connectivity index (χ2v) is 3.11. The number of hydrogen-bond donors (Lipinski definition) is 3. The summed E-state index contributed by atoms with van der Waals surface area (Å²) in [5.41, 5.74) is -0.324. The average molecular weight is 269 g/mol. The van der Waals surface area contributed by atoms with E-state index in [0.29, 0.717) is 0 Å². The molecule has 0 rings (SSSR count). The summed E-state index contributed by atoms with van der Waals surface area (Å²) < 4.78 is 0. The number of rotatable bonds is 5. The molecular formula is C12H24NNaO4. The molecule has 0 bridgehead atoms.